The van der Waals surface area contributed by atoms with Gasteiger partial charge in [-0.3, -0.25) is 0 Å². The zero-order valence-electron chi connectivity index (χ0n) is 8.65. The van der Waals surface area contributed by atoms with E-state index in [1.807, 2.05) is 24.3 Å². The number of nitriles is 1. The Balaban J connectivity index is 2.23. The summed E-state index contributed by atoms with van der Waals surface area (Å²) in [6.45, 7) is 0. The minimum atomic E-state index is 0.691. The first-order chi connectivity index (χ1) is 8.19. The molecule has 0 N–H and O–H groups in total. The summed E-state index contributed by atoms with van der Waals surface area (Å²) in [5.74, 6) is 0. The molecule has 0 atom stereocenters. The number of rotatable bonds is 2. The predicted octanol–water partition coefficient (Wildman–Crippen LogP) is 5.08. The van der Waals surface area contributed by atoms with Gasteiger partial charge in [0.25, 0.3) is 0 Å². The van der Waals surface area contributed by atoms with Crippen LogP contribution in [0, 0.1) is 14.9 Å². The molecule has 2 aromatic carbocycles. The maximum absolute atomic E-state index is 8.73. The molecule has 0 fully saturated rings. The summed E-state index contributed by atoms with van der Waals surface area (Å²) in [5.41, 5.74) is 0.691. The van der Waals surface area contributed by atoms with Crippen molar-refractivity contribution in [2.75, 3.05) is 0 Å². The molecule has 0 saturated heterocycles. The van der Waals surface area contributed by atoms with Crippen molar-refractivity contribution in [3.05, 3.63) is 56.1 Å². The van der Waals surface area contributed by atoms with Crippen LogP contribution in [0.5, 0.6) is 0 Å². The van der Waals surface area contributed by atoms with E-state index in [9.17, 15) is 0 Å². The third-order valence-corrected chi connectivity index (χ3v) is 4.78. The van der Waals surface area contributed by atoms with Gasteiger partial charge in [0.2, 0.25) is 0 Å². The third kappa shape index (κ3) is 3.47. The largest absolute Gasteiger partial charge is 0.192 e. The van der Waals surface area contributed by atoms with Gasteiger partial charge in [-0.05, 0) is 81.0 Å². The quantitative estimate of drug-likeness (QED) is 0.639. The van der Waals surface area contributed by atoms with Gasteiger partial charge in [0.15, 0.2) is 0 Å². The lowest BCUT2D eigenvalue weighted by atomic mass is 10.2. The van der Waals surface area contributed by atoms with Gasteiger partial charge >= 0.3 is 0 Å². The van der Waals surface area contributed by atoms with Gasteiger partial charge in [-0.25, -0.2) is 0 Å². The lowest BCUT2D eigenvalue weighted by Gasteiger charge is -2.04. The molecule has 2 aromatic rings. The van der Waals surface area contributed by atoms with Crippen LogP contribution in [0.3, 0.4) is 0 Å². The van der Waals surface area contributed by atoms with Crippen molar-refractivity contribution >= 4 is 50.3 Å². The summed E-state index contributed by atoms with van der Waals surface area (Å²) in [5, 5.41) is 8.73. The average molecular weight is 416 g/mol. The zero-order chi connectivity index (χ0) is 12.3. The van der Waals surface area contributed by atoms with E-state index in [0.717, 1.165) is 9.37 Å². The molecule has 0 heterocycles. The van der Waals surface area contributed by atoms with Gasteiger partial charge in [0.05, 0.1) is 11.6 Å². The minimum Gasteiger partial charge on any atom is -0.192 e. The van der Waals surface area contributed by atoms with Gasteiger partial charge in [-0.15, -0.1) is 0 Å². The smallest absolute Gasteiger partial charge is 0.0991 e. The Kier molecular flexibility index (Phi) is 4.48. The van der Waals surface area contributed by atoms with Crippen LogP contribution in [0.1, 0.15) is 5.56 Å². The van der Waals surface area contributed by atoms with Gasteiger partial charge in [-0.1, -0.05) is 11.8 Å². The summed E-state index contributed by atoms with van der Waals surface area (Å²) >= 11 is 7.52. The van der Waals surface area contributed by atoms with Crippen LogP contribution < -0.4 is 0 Å². The van der Waals surface area contributed by atoms with Crippen LogP contribution in [0.25, 0.3) is 0 Å². The second-order valence-electron chi connectivity index (χ2n) is 3.31. The molecule has 17 heavy (non-hydrogen) atoms. The van der Waals surface area contributed by atoms with E-state index in [0.29, 0.717) is 5.56 Å². The van der Waals surface area contributed by atoms with Gasteiger partial charge in [-0.2, -0.15) is 5.26 Å². The molecule has 84 valence electrons. The summed E-state index contributed by atoms with van der Waals surface area (Å²) in [4.78, 5) is 2.31. The monoisotopic (exact) mass is 415 g/mol. The average Bonchev–Trinajstić information content (AvgIpc) is 2.34. The first-order valence-electron chi connectivity index (χ1n) is 4.82. The van der Waals surface area contributed by atoms with Gasteiger partial charge in [0, 0.05) is 17.8 Å². The van der Waals surface area contributed by atoms with E-state index in [1.54, 1.807) is 11.8 Å². The molecule has 0 spiro atoms. The number of benzene rings is 2. The van der Waals surface area contributed by atoms with E-state index >= 15 is 0 Å². The van der Waals surface area contributed by atoms with E-state index in [1.165, 1.54) is 8.47 Å². The second-order valence-corrected chi connectivity index (χ2v) is 6.53. The molecule has 2 rings (SSSR count). The number of hydrogen-bond donors (Lipinski definition) is 0. The standard InChI is InChI=1S/C13H7BrINS/c14-12-7-10(15)3-6-13(12)17-11-4-1-9(8-16)2-5-11/h1-7H. The maximum Gasteiger partial charge on any atom is 0.0991 e. The summed E-state index contributed by atoms with van der Waals surface area (Å²) in [7, 11) is 0. The van der Waals surface area contributed by atoms with Crippen molar-refractivity contribution in [3.63, 3.8) is 0 Å². The molecule has 0 aliphatic heterocycles. The molecule has 0 saturated carbocycles. The Morgan fingerprint density at radius 3 is 2.41 bits per heavy atom. The van der Waals surface area contributed by atoms with Crippen molar-refractivity contribution < 1.29 is 0 Å². The second kappa shape index (κ2) is 5.89. The number of hydrogen-bond acceptors (Lipinski definition) is 2. The van der Waals surface area contributed by atoms with E-state index in [4.69, 9.17) is 5.26 Å². The summed E-state index contributed by atoms with van der Waals surface area (Å²) < 4.78 is 2.30. The van der Waals surface area contributed by atoms with Crippen molar-refractivity contribution in [3.8, 4) is 6.07 Å². The normalized spacial score (nSPS) is 9.94. The SMILES string of the molecule is N#Cc1ccc(Sc2ccc(I)cc2Br)cc1. The highest BCUT2D eigenvalue weighted by molar-refractivity contribution is 14.1. The predicted molar refractivity (Wildman–Crippen MR) is 82.1 cm³/mol. The Labute approximate surface area is 126 Å². The molecule has 4 heteroatoms. The van der Waals surface area contributed by atoms with Crippen LogP contribution in [0.15, 0.2) is 56.7 Å². The van der Waals surface area contributed by atoms with Crippen LogP contribution in [0.4, 0.5) is 0 Å². The fourth-order valence-electron chi connectivity index (χ4n) is 1.28. The highest BCUT2D eigenvalue weighted by Gasteiger charge is 2.03. The molecule has 0 aliphatic carbocycles. The number of halogens is 2. The first kappa shape index (κ1) is 12.9. The molecule has 0 radical (unpaired) electrons. The Hall–Kier alpha value is -0.510. The molecular formula is C13H7BrINS. The van der Waals surface area contributed by atoms with Crippen LogP contribution >= 0.6 is 50.3 Å². The highest BCUT2D eigenvalue weighted by Crippen LogP contribution is 2.34. The Morgan fingerprint density at radius 2 is 1.82 bits per heavy atom. The zero-order valence-corrected chi connectivity index (χ0v) is 13.2. The van der Waals surface area contributed by atoms with Gasteiger partial charge < -0.3 is 0 Å². The number of nitrogens with zero attached hydrogens (tertiary/aromatic N) is 1. The fraction of sp³-hybridized carbons (Fsp3) is 0. The Bertz CT molecular complexity index is 575. The van der Waals surface area contributed by atoms with E-state index in [-0.39, 0.29) is 0 Å². The van der Waals surface area contributed by atoms with Crippen LogP contribution in [-0.4, -0.2) is 0 Å². The van der Waals surface area contributed by atoms with Gasteiger partial charge in [0.1, 0.15) is 0 Å². The molecule has 1 nitrogen and oxygen atoms in total. The van der Waals surface area contributed by atoms with Crippen LogP contribution in [-0.2, 0) is 0 Å². The lowest BCUT2D eigenvalue weighted by molar-refractivity contribution is 1.35. The summed E-state index contributed by atoms with van der Waals surface area (Å²) in [6.07, 6.45) is 0. The Morgan fingerprint density at radius 1 is 1.12 bits per heavy atom. The molecule has 0 amide bonds. The minimum absolute atomic E-state index is 0.691. The van der Waals surface area contributed by atoms with E-state index in [2.05, 4.69) is 62.8 Å². The summed E-state index contributed by atoms with van der Waals surface area (Å²) in [6, 6.07) is 16.0. The van der Waals surface area contributed by atoms with Crippen molar-refractivity contribution in [2.24, 2.45) is 0 Å². The molecule has 0 unspecified atom stereocenters. The van der Waals surface area contributed by atoms with Crippen LogP contribution in [0.2, 0.25) is 0 Å². The van der Waals surface area contributed by atoms with Crippen molar-refractivity contribution in [2.45, 2.75) is 9.79 Å². The van der Waals surface area contributed by atoms with Crippen molar-refractivity contribution in [1.82, 2.24) is 0 Å². The highest BCUT2D eigenvalue weighted by atomic mass is 127. The molecule has 0 aromatic heterocycles. The van der Waals surface area contributed by atoms with Crippen molar-refractivity contribution in [1.29, 1.82) is 5.26 Å². The fourth-order valence-corrected chi connectivity index (χ4v) is 3.64. The maximum atomic E-state index is 8.73. The third-order valence-electron chi connectivity index (χ3n) is 2.11. The topological polar surface area (TPSA) is 23.8 Å². The molecular weight excluding hydrogens is 409 g/mol. The van der Waals surface area contributed by atoms with E-state index < -0.39 is 0 Å². The first-order valence-corrected chi connectivity index (χ1v) is 7.51. The molecule has 0 aliphatic rings. The molecule has 0 bridgehead atoms. The lowest BCUT2D eigenvalue weighted by Crippen LogP contribution is -1.79.